The Hall–Kier alpha value is -1.29. The fraction of sp³-hybridized carbons (Fsp3) is 0.583. The summed E-state index contributed by atoms with van der Waals surface area (Å²) < 4.78 is 5.45. The third-order valence-corrected chi connectivity index (χ3v) is 2.97. The van der Waals surface area contributed by atoms with Gasteiger partial charge in [0, 0.05) is 25.6 Å². The lowest BCUT2D eigenvalue weighted by atomic mass is 10.1. The molecule has 1 aromatic rings. The third kappa shape index (κ3) is 2.27. The Labute approximate surface area is 95.4 Å². The average molecular weight is 222 g/mol. The van der Waals surface area contributed by atoms with Crippen LogP contribution in [-0.2, 0) is 6.42 Å². The maximum Gasteiger partial charge on any atom is 0.289 e. The molecule has 0 aromatic carbocycles. The van der Waals surface area contributed by atoms with Crippen molar-refractivity contribution in [2.45, 2.75) is 32.2 Å². The van der Waals surface area contributed by atoms with Crippen LogP contribution in [0.5, 0.6) is 0 Å². The zero-order chi connectivity index (χ0) is 11.5. The van der Waals surface area contributed by atoms with E-state index in [4.69, 9.17) is 10.2 Å². The second-order valence-corrected chi connectivity index (χ2v) is 4.27. The molecule has 1 saturated heterocycles. The van der Waals surface area contributed by atoms with Gasteiger partial charge in [0.2, 0.25) is 0 Å². The van der Waals surface area contributed by atoms with Crippen molar-refractivity contribution in [2.24, 2.45) is 5.73 Å². The van der Waals surface area contributed by atoms with Crippen molar-refractivity contribution in [3.05, 3.63) is 23.7 Å². The first-order valence-electron chi connectivity index (χ1n) is 5.84. The molecule has 2 N–H and O–H groups in total. The molecule has 2 heterocycles. The quantitative estimate of drug-likeness (QED) is 0.823. The maximum atomic E-state index is 12.1. The van der Waals surface area contributed by atoms with Gasteiger partial charge in [0.15, 0.2) is 5.76 Å². The van der Waals surface area contributed by atoms with Gasteiger partial charge in [-0.15, -0.1) is 0 Å². The molecule has 1 fully saturated rings. The first-order chi connectivity index (χ1) is 7.70. The molecule has 0 spiro atoms. The second kappa shape index (κ2) is 4.70. The minimum absolute atomic E-state index is 0.0325. The van der Waals surface area contributed by atoms with Gasteiger partial charge in [-0.2, -0.15) is 0 Å². The highest BCUT2D eigenvalue weighted by molar-refractivity contribution is 5.91. The summed E-state index contributed by atoms with van der Waals surface area (Å²) >= 11 is 0. The first-order valence-corrected chi connectivity index (χ1v) is 5.84. The Bertz CT molecular complexity index is 373. The van der Waals surface area contributed by atoms with E-state index in [0.29, 0.717) is 12.3 Å². The van der Waals surface area contributed by atoms with Gasteiger partial charge in [0.25, 0.3) is 5.91 Å². The Balaban J connectivity index is 2.06. The Kier molecular flexibility index (Phi) is 3.29. The smallest absolute Gasteiger partial charge is 0.289 e. The topological polar surface area (TPSA) is 59.5 Å². The predicted molar refractivity (Wildman–Crippen MR) is 61.2 cm³/mol. The zero-order valence-corrected chi connectivity index (χ0v) is 9.61. The number of likely N-dealkylation sites (tertiary alicyclic amines) is 1. The van der Waals surface area contributed by atoms with Crippen LogP contribution in [0.4, 0.5) is 0 Å². The minimum atomic E-state index is -0.0325. The van der Waals surface area contributed by atoms with Crippen LogP contribution < -0.4 is 5.73 Å². The van der Waals surface area contributed by atoms with Gasteiger partial charge in [0.1, 0.15) is 5.76 Å². The van der Waals surface area contributed by atoms with E-state index in [2.05, 4.69) is 0 Å². The molecule has 0 bridgehead atoms. The van der Waals surface area contributed by atoms with E-state index in [1.165, 1.54) is 0 Å². The number of piperidine rings is 1. The molecule has 88 valence electrons. The van der Waals surface area contributed by atoms with E-state index in [-0.39, 0.29) is 11.9 Å². The summed E-state index contributed by atoms with van der Waals surface area (Å²) in [5, 5.41) is 0. The lowest BCUT2D eigenvalue weighted by Crippen LogP contribution is -2.45. The average Bonchev–Trinajstić information content (AvgIpc) is 2.76. The summed E-state index contributed by atoms with van der Waals surface area (Å²) in [6.45, 7) is 3.43. The van der Waals surface area contributed by atoms with Gasteiger partial charge in [-0.3, -0.25) is 4.79 Å². The molecule has 1 aromatic heterocycles. The SMILES string of the molecule is CCc1ccc(C(=O)N2CCCC(N)C2)o1. The van der Waals surface area contributed by atoms with Crippen LogP contribution in [0, 0.1) is 0 Å². The summed E-state index contributed by atoms with van der Waals surface area (Å²) in [5.41, 5.74) is 5.85. The maximum absolute atomic E-state index is 12.1. The summed E-state index contributed by atoms with van der Waals surface area (Å²) in [4.78, 5) is 13.8. The molecule has 4 heteroatoms. The number of hydrogen-bond acceptors (Lipinski definition) is 3. The van der Waals surface area contributed by atoms with E-state index in [9.17, 15) is 4.79 Å². The Morgan fingerprint density at radius 1 is 1.62 bits per heavy atom. The molecule has 16 heavy (non-hydrogen) atoms. The van der Waals surface area contributed by atoms with Gasteiger partial charge in [0.05, 0.1) is 0 Å². The van der Waals surface area contributed by atoms with Crippen LogP contribution in [0.3, 0.4) is 0 Å². The molecular formula is C12H18N2O2. The highest BCUT2D eigenvalue weighted by atomic mass is 16.4. The number of nitrogens with two attached hydrogens (primary N) is 1. The molecule has 2 rings (SSSR count). The fourth-order valence-corrected chi connectivity index (χ4v) is 2.03. The van der Waals surface area contributed by atoms with Crippen LogP contribution in [0.1, 0.15) is 36.1 Å². The number of nitrogens with zero attached hydrogens (tertiary/aromatic N) is 1. The lowest BCUT2D eigenvalue weighted by molar-refractivity contribution is 0.0675. The molecular weight excluding hydrogens is 204 g/mol. The molecule has 1 aliphatic heterocycles. The van der Waals surface area contributed by atoms with Gasteiger partial charge < -0.3 is 15.1 Å². The molecule has 1 aliphatic rings. The van der Waals surface area contributed by atoms with Crippen molar-refractivity contribution in [1.29, 1.82) is 0 Å². The molecule has 0 aliphatic carbocycles. The van der Waals surface area contributed by atoms with E-state index in [0.717, 1.165) is 31.6 Å². The van der Waals surface area contributed by atoms with E-state index in [1.54, 1.807) is 11.0 Å². The zero-order valence-electron chi connectivity index (χ0n) is 9.61. The fourth-order valence-electron chi connectivity index (χ4n) is 2.03. The predicted octanol–water partition coefficient (Wildman–Crippen LogP) is 1.41. The van der Waals surface area contributed by atoms with Crippen LogP contribution in [0.15, 0.2) is 16.5 Å². The van der Waals surface area contributed by atoms with E-state index in [1.807, 2.05) is 13.0 Å². The highest BCUT2D eigenvalue weighted by Gasteiger charge is 2.24. The van der Waals surface area contributed by atoms with Gasteiger partial charge in [-0.25, -0.2) is 0 Å². The van der Waals surface area contributed by atoms with Crippen molar-refractivity contribution in [2.75, 3.05) is 13.1 Å². The molecule has 0 saturated carbocycles. The van der Waals surface area contributed by atoms with Crippen molar-refractivity contribution in [3.8, 4) is 0 Å². The van der Waals surface area contributed by atoms with Gasteiger partial charge >= 0.3 is 0 Å². The second-order valence-electron chi connectivity index (χ2n) is 4.27. The number of hydrogen-bond donors (Lipinski definition) is 1. The van der Waals surface area contributed by atoms with Crippen molar-refractivity contribution >= 4 is 5.91 Å². The highest BCUT2D eigenvalue weighted by Crippen LogP contribution is 2.15. The minimum Gasteiger partial charge on any atom is -0.456 e. The molecule has 0 radical (unpaired) electrons. The largest absolute Gasteiger partial charge is 0.456 e. The van der Waals surface area contributed by atoms with Crippen LogP contribution >= 0.6 is 0 Å². The van der Waals surface area contributed by atoms with Crippen molar-refractivity contribution < 1.29 is 9.21 Å². The standard InChI is InChI=1S/C12H18N2O2/c1-2-10-5-6-11(16-10)12(15)14-7-3-4-9(13)8-14/h5-6,9H,2-4,7-8,13H2,1H3. The number of carbonyl (C=O) groups is 1. The summed E-state index contributed by atoms with van der Waals surface area (Å²) in [6, 6.07) is 3.72. The third-order valence-electron chi connectivity index (χ3n) is 2.97. The molecule has 1 unspecified atom stereocenters. The van der Waals surface area contributed by atoms with E-state index < -0.39 is 0 Å². The summed E-state index contributed by atoms with van der Waals surface area (Å²) in [6.07, 6.45) is 2.79. The number of furan rings is 1. The van der Waals surface area contributed by atoms with Gasteiger partial charge in [-0.1, -0.05) is 6.92 Å². The van der Waals surface area contributed by atoms with Crippen LogP contribution in [-0.4, -0.2) is 29.9 Å². The summed E-state index contributed by atoms with van der Waals surface area (Å²) in [7, 11) is 0. The van der Waals surface area contributed by atoms with Crippen LogP contribution in [0.25, 0.3) is 0 Å². The van der Waals surface area contributed by atoms with Gasteiger partial charge in [-0.05, 0) is 25.0 Å². The number of amides is 1. The summed E-state index contributed by atoms with van der Waals surface area (Å²) in [5.74, 6) is 1.26. The number of rotatable bonds is 2. The molecule has 1 amide bonds. The monoisotopic (exact) mass is 222 g/mol. The van der Waals surface area contributed by atoms with Crippen LogP contribution in [0.2, 0.25) is 0 Å². The van der Waals surface area contributed by atoms with Crippen molar-refractivity contribution in [3.63, 3.8) is 0 Å². The normalized spacial score (nSPS) is 21.1. The Morgan fingerprint density at radius 2 is 2.44 bits per heavy atom. The molecule has 1 atom stereocenters. The first kappa shape index (κ1) is 11.2. The lowest BCUT2D eigenvalue weighted by Gasteiger charge is -2.30. The molecule has 4 nitrogen and oxygen atoms in total. The van der Waals surface area contributed by atoms with Crippen molar-refractivity contribution in [1.82, 2.24) is 4.90 Å². The Morgan fingerprint density at radius 3 is 3.06 bits per heavy atom. The van der Waals surface area contributed by atoms with E-state index >= 15 is 0 Å². The number of carbonyl (C=O) groups excluding carboxylic acids is 1. The number of aryl methyl sites for hydroxylation is 1.